The monoisotopic (exact) mass is 294 g/mol. The van der Waals surface area contributed by atoms with E-state index in [0.717, 1.165) is 24.1 Å². The second-order valence-electron chi connectivity index (χ2n) is 4.32. The van der Waals surface area contributed by atoms with Gasteiger partial charge in [0.1, 0.15) is 0 Å². The third-order valence-corrected chi connectivity index (χ3v) is 3.41. The average Bonchev–Trinajstić information content (AvgIpc) is 2.72. The molecule has 0 atom stereocenters. The molecule has 0 saturated heterocycles. The molecule has 2 rings (SSSR count). The summed E-state index contributed by atoms with van der Waals surface area (Å²) < 4.78 is 3.47. The van der Waals surface area contributed by atoms with Crippen LogP contribution >= 0.6 is 15.9 Å². The Morgan fingerprint density at radius 1 is 1.24 bits per heavy atom. The van der Waals surface area contributed by atoms with Crippen molar-refractivity contribution in [1.82, 2.24) is 9.88 Å². The Bertz CT molecular complexity index is 476. The molecule has 1 aromatic carbocycles. The van der Waals surface area contributed by atoms with Gasteiger partial charge in [-0.2, -0.15) is 0 Å². The molecule has 2 aromatic rings. The maximum absolute atomic E-state index is 3.53. The van der Waals surface area contributed by atoms with Gasteiger partial charge >= 0.3 is 0 Å². The Hall–Kier alpha value is -0.800. The van der Waals surface area contributed by atoms with Gasteiger partial charge < -0.3 is 9.88 Å². The standard InChI is InChI=1S/C14H19BrN2/c1-2-7-16-8-3-9-17-10-6-12-4-5-13(15)11-14(12)17/h4-6,10-11,16H,2-3,7-9H2,1H3. The average molecular weight is 295 g/mol. The lowest BCUT2D eigenvalue weighted by atomic mass is 10.2. The quantitative estimate of drug-likeness (QED) is 0.802. The van der Waals surface area contributed by atoms with Gasteiger partial charge in [0, 0.05) is 22.7 Å². The zero-order valence-corrected chi connectivity index (χ0v) is 11.8. The zero-order chi connectivity index (χ0) is 12.1. The highest BCUT2D eigenvalue weighted by atomic mass is 79.9. The lowest BCUT2D eigenvalue weighted by molar-refractivity contribution is 0.587. The summed E-state index contributed by atoms with van der Waals surface area (Å²) in [5.41, 5.74) is 1.31. The number of halogens is 1. The Morgan fingerprint density at radius 3 is 2.94 bits per heavy atom. The Morgan fingerprint density at radius 2 is 2.12 bits per heavy atom. The first kappa shape index (κ1) is 12.7. The molecule has 2 nitrogen and oxygen atoms in total. The topological polar surface area (TPSA) is 17.0 Å². The molecule has 0 amide bonds. The first-order valence-electron chi connectivity index (χ1n) is 6.26. The van der Waals surface area contributed by atoms with Crippen LogP contribution in [0.2, 0.25) is 0 Å². The fourth-order valence-corrected chi connectivity index (χ4v) is 2.38. The van der Waals surface area contributed by atoms with Crippen molar-refractivity contribution in [3.05, 3.63) is 34.9 Å². The summed E-state index contributed by atoms with van der Waals surface area (Å²) in [4.78, 5) is 0. The van der Waals surface area contributed by atoms with Gasteiger partial charge in [0.05, 0.1) is 0 Å². The van der Waals surface area contributed by atoms with Crippen LogP contribution in [0, 0.1) is 0 Å². The summed E-state index contributed by atoms with van der Waals surface area (Å²) in [5, 5.41) is 4.75. The molecule has 92 valence electrons. The van der Waals surface area contributed by atoms with Crippen molar-refractivity contribution in [3.8, 4) is 0 Å². The molecule has 1 aromatic heterocycles. The first-order chi connectivity index (χ1) is 8.31. The predicted molar refractivity (Wildman–Crippen MR) is 77.4 cm³/mol. The minimum Gasteiger partial charge on any atom is -0.347 e. The number of rotatable bonds is 6. The van der Waals surface area contributed by atoms with Gasteiger partial charge in [0.25, 0.3) is 0 Å². The van der Waals surface area contributed by atoms with Gasteiger partial charge in [-0.1, -0.05) is 28.9 Å². The fraction of sp³-hybridized carbons (Fsp3) is 0.429. The van der Waals surface area contributed by atoms with Crippen molar-refractivity contribution in [3.63, 3.8) is 0 Å². The van der Waals surface area contributed by atoms with E-state index in [2.05, 4.69) is 63.2 Å². The number of nitrogens with zero attached hydrogens (tertiary/aromatic N) is 1. The maximum atomic E-state index is 3.53. The van der Waals surface area contributed by atoms with Crippen LogP contribution in [0.15, 0.2) is 34.9 Å². The third-order valence-electron chi connectivity index (χ3n) is 2.92. The van der Waals surface area contributed by atoms with E-state index in [4.69, 9.17) is 0 Å². The van der Waals surface area contributed by atoms with Crippen LogP contribution in [0.1, 0.15) is 19.8 Å². The minimum absolute atomic E-state index is 1.08. The van der Waals surface area contributed by atoms with Crippen molar-refractivity contribution in [2.75, 3.05) is 13.1 Å². The van der Waals surface area contributed by atoms with E-state index in [0.29, 0.717) is 0 Å². The Balaban J connectivity index is 1.96. The number of benzene rings is 1. The normalized spacial score (nSPS) is 11.2. The molecule has 3 heteroatoms. The molecule has 1 heterocycles. The number of hydrogen-bond acceptors (Lipinski definition) is 1. The molecule has 0 unspecified atom stereocenters. The molecule has 1 N–H and O–H groups in total. The smallest absolute Gasteiger partial charge is 0.0491 e. The molecule has 0 bridgehead atoms. The molecule has 0 spiro atoms. The molecule has 17 heavy (non-hydrogen) atoms. The van der Waals surface area contributed by atoms with E-state index in [1.54, 1.807) is 0 Å². The number of aromatic nitrogens is 1. The van der Waals surface area contributed by atoms with Crippen molar-refractivity contribution < 1.29 is 0 Å². The summed E-state index contributed by atoms with van der Waals surface area (Å²) in [5.74, 6) is 0. The lowest BCUT2D eigenvalue weighted by Crippen LogP contribution is -2.17. The summed E-state index contributed by atoms with van der Waals surface area (Å²) in [6.07, 6.45) is 4.56. The highest BCUT2D eigenvalue weighted by molar-refractivity contribution is 9.10. The minimum atomic E-state index is 1.08. The number of fused-ring (bicyclic) bond motifs is 1. The van der Waals surface area contributed by atoms with Crippen molar-refractivity contribution in [2.24, 2.45) is 0 Å². The van der Waals surface area contributed by atoms with Gasteiger partial charge in [-0.05, 0) is 49.5 Å². The van der Waals surface area contributed by atoms with Crippen LogP contribution in [0.25, 0.3) is 10.9 Å². The summed E-state index contributed by atoms with van der Waals surface area (Å²) in [6.45, 7) is 5.50. The highest BCUT2D eigenvalue weighted by Crippen LogP contribution is 2.20. The largest absolute Gasteiger partial charge is 0.347 e. The van der Waals surface area contributed by atoms with Gasteiger partial charge in [0.2, 0.25) is 0 Å². The van der Waals surface area contributed by atoms with Gasteiger partial charge in [-0.3, -0.25) is 0 Å². The van der Waals surface area contributed by atoms with Gasteiger partial charge in [-0.25, -0.2) is 0 Å². The second kappa shape index (κ2) is 6.22. The van der Waals surface area contributed by atoms with Crippen molar-refractivity contribution in [1.29, 1.82) is 0 Å². The van der Waals surface area contributed by atoms with E-state index in [1.165, 1.54) is 23.7 Å². The molecule has 0 fully saturated rings. The van der Waals surface area contributed by atoms with Crippen LogP contribution < -0.4 is 5.32 Å². The third kappa shape index (κ3) is 3.33. The summed E-state index contributed by atoms with van der Waals surface area (Å²) >= 11 is 3.53. The second-order valence-corrected chi connectivity index (χ2v) is 5.23. The van der Waals surface area contributed by atoms with Crippen LogP contribution in [0.4, 0.5) is 0 Å². The molecular weight excluding hydrogens is 276 g/mol. The summed E-state index contributed by atoms with van der Waals surface area (Å²) in [7, 11) is 0. The van der Waals surface area contributed by atoms with E-state index < -0.39 is 0 Å². The van der Waals surface area contributed by atoms with Crippen LogP contribution in [-0.4, -0.2) is 17.7 Å². The zero-order valence-electron chi connectivity index (χ0n) is 10.2. The summed E-state index contributed by atoms with van der Waals surface area (Å²) in [6, 6.07) is 8.62. The molecule has 0 aliphatic carbocycles. The number of hydrogen-bond donors (Lipinski definition) is 1. The maximum Gasteiger partial charge on any atom is 0.0491 e. The van der Waals surface area contributed by atoms with Crippen LogP contribution in [0.3, 0.4) is 0 Å². The van der Waals surface area contributed by atoms with E-state index in [-0.39, 0.29) is 0 Å². The molecule has 0 radical (unpaired) electrons. The van der Waals surface area contributed by atoms with Crippen molar-refractivity contribution >= 4 is 26.8 Å². The predicted octanol–water partition coefficient (Wildman–Crippen LogP) is 3.79. The first-order valence-corrected chi connectivity index (χ1v) is 7.05. The SMILES string of the molecule is CCCNCCCn1ccc2ccc(Br)cc21. The molecular formula is C14H19BrN2. The number of aryl methyl sites for hydroxylation is 1. The molecule has 0 aliphatic rings. The fourth-order valence-electron chi connectivity index (χ4n) is 2.03. The Labute approximate surface area is 111 Å². The van der Waals surface area contributed by atoms with E-state index >= 15 is 0 Å². The number of nitrogens with one attached hydrogen (secondary N) is 1. The van der Waals surface area contributed by atoms with Crippen molar-refractivity contribution in [2.45, 2.75) is 26.3 Å². The van der Waals surface area contributed by atoms with Crippen LogP contribution in [0.5, 0.6) is 0 Å². The van der Waals surface area contributed by atoms with Gasteiger partial charge in [-0.15, -0.1) is 0 Å². The van der Waals surface area contributed by atoms with Gasteiger partial charge in [0.15, 0.2) is 0 Å². The van der Waals surface area contributed by atoms with E-state index in [1.807, 2.05) is 0 Å². The lowest BCUT2D eigenvalue weighted by Gasteiger charge is -2.06. The molecule has 0 aliphatic heterocycles. The Kier molecular flexibility index (Phi) is 4.63. The highest BCUT2D eigenvalue weighted by Gasteiger charge is 2.00. The van der Waals surface area contributed by atoms with Crippen LogP contribution in [-0.2, 0) is 6.54 Å². The molecule has 0 saturated carbocycles. The van der Waals surface area contributed by atoms with E-state index in [9.17, 15) is 0 Å².